The van der Waals surface area contributed by atoms with E-state index in [2.05, 4.69) is 33.5 Å². The fraction of sp³-hybridized carbons (Fsp3) is 0.941. The van der Waals surface area contributed by atoms with Crippen LogP contribution >= 0.6 is 0 Å². The van der Waals surface area contributed by atoms with E-state index in [4.69, 9.17) is 14.2 Å². The number of hydrogen-bond acceptors (Lipinski definition) is 4. The van der Waals surface area contributed by atoms with Crippen molar-refractivity contribution in [1.82, 2.24) is 0 Å². The molecule has 2 fully saturated rings. The summed E-state index contributed by atoms with van der Waals surface area (Å²) in [6.07, 6.45) is 3.87. The van der Waals surface area contributed by atoms with E-state index in [-0.39, 0.29) is 22.9 Å². The van der Waals surface area contributed by atoms with Gasteiger partial charge in [0.25, 0.3) is 0 Å². The molecule has 128 valence electrons. The third-order valence-corrected chi connectivity index (χ3v) is 7.09. The lowest BCUT2D eigenvalue weighted by atomic mass is 9.62. The molecule has 0 aromatic carbocycles. The van der Waals surface area contributed by atoms with Gasteiger partial charge in [-0.15, -0.1) is 0 Å². The SMILES string of the molecule is C[C@]12CCC[C@](C)(C(=O)O1)[C@H]2CCOCOCC[Si](C)(C)C. The van der Waals surface area contributed by atoms with E-state index in [1.165, 1.54) is 0 Å². The van der Waals surface area contributed by atoms with Gasteiger partial charge in [-0.1, -0.05) is 19.6 Å². The number of carbonyl (C=O) groups excluding carboxylic acids is 1. The topological polar surface area (TPSA) is 44.8 Å². The fourth-order valence-electron chi connectivity index (χ4n) is 3.90. The van der Waals surface area contributed by atoms with Crippen molar-refractivity contribution < 1.29 is 19.0 Å². The van der Waals surface area contributed by atoms with Crippen LogP contribution in [0.5, 0.6) is 0 Å². The van der Waals surface area contributed by atoms with Crippen LogP contribution in [0.15, 0.2) is 0 Å². The molecule has 4 nitrogen and oxygen atoms in total. The minimum absolute atomic E-state index is 0.0103. The number of esters is 1. The second-order valence-electron chi connectivity index (χ2n) is 8.56. The minimum atomic E-state index is -1.02. The third-order valence-electron chi connectivity index (χ3n) is 5.38. The highest BCUT2D eigenvalue weighted by molar-refractivity contribution is 6.76. The van der Waals surface area contributed by atoms with Crippen molar-refractivity contribution in [3.63, 3.8) is 0 Å². The first-order valence-electron chi connectivity index (χ1n) is 8.56. The van der Waals surface area contributed by atoms with E-state index in [1.807, 2.05) is 0 Å². The van der Waals surface area contributed by atoms with Gasteiger partial charge in [0.2, 0.25) is 0 Å². The summed E-state index contributed by atoms with van der Waals surface area (Å²) in [5.41, 5.74) is -0.596. The maximum absolute atomic E-state index is 12.2. The lowest BCUT2D eigenvalue weighted by molar-refractivity contribution is -0.151. The molecular formula is C17H32O4Si. The normalized spacial score (nSPS) is 34.8. The summed E-state index contributed by atoms with van der Waals surface area (Å²) in [4.78, 5) is 12.2. The summed E-state index contributed by atoms with van der Waals surface area (Å²) in [5, 5.41) is 0. The van der Waals surface area contributed by atoms with Crippen molar-refractivity contribution in [2.24, 2.45) is 11.3 Å². The molecular weight excluding hydrogens is 296 g/mol. The predicted octanol–water partition coefficient (Wildman–Crippen LogP) is 3.83. The predicted molar refractivity (Wildman–Crippen MR) is 89.5 cm³/mol. The van der Waals surface area contributed by atoms with Crippen LogP contribution in [0.4, 0.5) is 0 Å². The van der Waals surface area contributed by atoms with Crippen molar-refractivity contribution in [2.45, 2.75) is 70.8 Å². The van der Waals surface area contributed by atoms with Crippen molar-refractivity contribution in [1.29, 1.82) is 0 Å². The Balaban J connectivity index is 1.70. The Morgan fingerprint density at radius 2 is 1.86 bits per heavy atom. The monoisotopic (exact) mass is 328 g/mol. The first-order valence-corrected chi connectivity index (χ1v) is 12.3. The summed E-state index contributed by atoms with van der Waals surface area (Å²) in [6, 6.07) is 1.16. The molecule has 2 aliphatic rings. The quantitative estimate of drug-likeness (QED) is 0.294. The lowest BCUT2D eigenvalue weighted by Gasteiger charge is -2.39. The van der Waals surface area contributed by atoms with Gasteiger partial charge in [-0.25, -0.2) is 0 Å². The molecule has 22 heavy (non-hydrogen) atoms. The van der Waals surface area contributed by atoms with Gasteiger partial charge in [-0.3, -0.25) is 4.79 Å². The first-order chi connectivity index (χ1) is 10.2. The van der Waals surface area contributed by atoms with Gasteiger partial charge in [-0.05, 0) is 45.6 Å². The molecule has 5 heteroatoms. The van der Waals surface area contributed by atoms with Crippen molar-refractivity contribution >= 4 is 14.0 Å². The van der Waals surface area contributed by atoms with Crippen LogP contribution in [-0.4, -0.2) is 39.7 Å². The van der Waals surface area contributed by atoms with Gasteiger partial charge < -0.3 is 14.2 Å². The smallest absolute Gasteiger partial charge is 0.312 e. The maximum atomic E-state index is 12.2. The van der Waals surface area contributed by atoms with Gasteiger partial charge in [0.15, 0.2) is 0 Å². The van der Waals surface area contributed by atoms with Crippen LogP contribution in [0, 0.1) is 11.3 Å². The summed E-state index contributed by atoms with van der Waals surface area (Å²) >= 11 is 0. The second kappa shape index (κ2) is 6.61. The third kappa shape index (κ3) is 3.92. The Hall–Kier alpha value is -0.393. The lowest BCUT2D eigenvalue weighted by Crippen LogP contribution is -2.42. The first kappa shape index (κ1) is 18.0. The van der Waals surface area contributed by atoms with Gasteiger partial charge >= 0.3 is 5.97 Å². The molecule has 0 aromatic rings. The van der Waals surface area contributed by atoms with Crippen LogP contribution in [0.25, 0.3) is 0 Å². The van der Waals surface area contributed by atoms with E-state index in [0.29, 0.717) is 13.4 Å². The highest BCUT2D eigenvalue weighted by atomic mass is 28.3. The van der Waals surface area contributed by atoms with Crippen molar-refractivity contribution in [2.75, 3.05) is 20.0 Å². The standard InChI is InChI=1S/C17H32O4Si/c1-16-8-6-9-17(2,21-15(16)18)14(16)7-10-19-13-20-11-12-22(3,4)5/h14H,6-13H2,1-5H3/t14-,16+,17-/m1/s1. The van der Waals surface area contributed by atoms with Crippen LogP contribution in [0.3, 0.4) is 0 Å². The Labute approximate surface area is 135 Å². The zero-order chi connectivity index (χ0) is 16.4. The Kier molecular flexibility index (Phi) is 5.40. The molecule has 0 aromatic heterocycles. The fourth-order valence-corrected chi connectivity index (χ4v) is 4.66. The zero-order valence-electron chi connectivity index (χ0n) is 14.9. The molecule has 1 aliphatic carbocycles. The summed E-state index contributed by atoms with van der Waals surface area (Å²) < 4.78 is 16.9. The molecule has 0 N–H and O–H groups in total. The number of carbonyl (C=O) groups is 1. The largest absolute Gasteiger partial charge is 0.459 e. The second-order valence-corrected chi connectivity index (χ2v) is 14.2. The maximum Gasteiger partial charge on any atom is 0.312 e. The Bertz CT molecular complexity index is 406. The van der Waals surface area contributed by atoms with E-state index in [0.717, 1.165) is 38.3 Å². The Morgan fingerprint density at radius 3 is 2.50 bits per heavy atom. The summed E-state index contributed by atoms with van der Waals surface area (Å²) in [5.74, 6) is 0.257. The van der Waals surface area contributed by atoms with E-state index < -0.39 is 8.07 Å². The molecule has 0 amide bonds. The number of rotatable bonds is 8. The van der Waals surface area contributed by atoms with Gasteiger partial charge in [0.05, 0.1) is 5.41 Å². The zero-order valence-corrected chi connectivity index (χ0v) is 15.9. The molecule has 1 saturated heterocycles. The number of fused-ring (bicyclic) bond motifs is 2. The summed E-state index contributed by atoms with van der Waals surface area (Å²) in [7, 11) is -1.02. The van der Waals surface area contributed by atoms with Crippen LogP contribution in [0.2, 0.25) is 25.7 Å². The average Bonchev–Trinajstić information content (AvgIpc) is 2.49. The molecule has 1 aliphatic heterocycles. The number of ether oxygens (including phenoxy) is 3. The van der Waals surface area contributed by atoms with Crippen molar-refractivity contribution in [3.05, 3.63) is 0 Å². The molecule has 0 unspecified atom stereocenters. The highest BCUT2D eigenvalue weighted by Crippen LogP contribution is 2.56. The van der Waals surface area contributed by atoms with Crippen molar-refractivity contribution in [3.8, 4) is 0 Å². The summed E-state index contributed by atoms with van der Waals surface area (Å²) in [6.45, 7) is 13.0. The average molecular weight is 329 g/mol. The van der Waals surface area contributed by atoms with E-state index in [9.17, 15) is 4.79 Å². The van der Waals surface area contributed by atoms with Gasteiger partial charge in [0.1, 0.15) is 12.4 Å². The highest BCUT2D eigenvalue weighted by Gasteiger charge is 2.61. The Morgan fingerprint density at radius 1 is 1.18 bits per heavy atom. The van der Waals surface area contributed by atoms with E-state index >= 15 is 0 Å². The molecule has 3 atom stereocenters. The molecule has 0 radical (unpaired) electrons. The van der Waals surface area contributed by atoms with Crippen LogP contribution in [0.1, 0.15) is 39.5 Å². The molecule has 0 spiro atoms. The molecule has 2 rings (SSSR count). The minimum Gasteiger partial charge on any atom is -0.459 e. The van der Waals surface area contributed by atoms with Gasteiger partial charge in [-0.2, -0.15) is 0 Å². The van der Waals surface area contributed by atoms with Gasteiger partial charge in [0, 0.05) is 27.2 Å². The van der Waals surface area contributed by atoms with Crippen LogP contribution < -0.4 is 0 Å². The number of hydrogen-bond donors (Lipinski definition) is 0. The molecule has 1 heterocycles. The van der Waals surface area contributed by atoms with Crippen LogP contribution in [-0.2, 0) is 19.0 Å². The molecule has 2 bridgehead atoms. The molecule has 1 saturated carbocycles. The van der Waals surface area contributed by atoms with E-state index in [1.54, 1.807) is 0 Å².